The minimum absolute atomic E-state index is 0.0202. The molecule has 1 unspecified atom stereocenters. The second-order valence-corrected chi connectivity index (χ2v) is 5.21. The van der Waals surface area contributed by atoms with E-state index in [1.807, 2.05) is 25.1 Å². The van der Waals surface area contributed by atoms with Gasteiger partial charge in [-0.2, -0.15) is 0 Å². The zero-order valence-corrected chi connectivity index (χ0v) is 10.2. The molecule has 1 aromatic carbocycles. The van der Waals surface area contributed by atoms with E-state index in [0.29, 0.717) is 17.6 Å². The Hall–Kier alpha value is -1.54. The Morgan fingerprint density at radius 2 is 2.00 bits per heavy atom. The molecule has 0 saturated carbocycles. The molecule has 2 nitrogen and oxygen atoms in total. The van der Waals surface area contributed by atoms with Crippen molar-refractivity contribution >= 4 is 23.1 Å². The summed E-state index contributed by atoms with van der Waals surface area (Å²) in [6, 6.07) is 9.01. The molecule has 0 aliphatic heterocycles. The predicted octanol–water partition coefficient (Wildman–Crippen LogP) is 3.48. The molecule has 0 spiro atoms. The Balaban J connectivity index is 2.45. The van der Waals surface area contributed by atoms with Crippen molar-refractivity contribution in [2.45, 2.75) is 18.2 Å². The van der Waals surface area contributed by atoms with Gasteiger partial charge in [-0.05, 0) is 13.0 Å². The van der Waals surface area contributed by atoms with Crippen molar-refractivity contribution in [1.29, 1.82) is 0 Å². The van der Waals surface area contributed by atoms with Gasteiger partial charge in [0, 0.05) is 17.6 Å². The molecule has 0 saturated heterocycles. The molecule has 0 heterocycles. The van der Waals surface area contributed by atoms with Gasteiger partial charge in [-0.1, -0.05) is 36.4 Å². The highest BCUT2D eigenvalue weighted by molar-refractivity contribution is 6.27. The van der Waals surface area contributed by atoms with E-state index in [1.54, 1.807) is 18.2 Å². The van der Waals surface area contributed by atoms with E-state index >= 15 is 0 Å². The second kappa shape index (κ2) is 4.38. The number of carbonyl (C=O) groups is 1. The maximum absolute atomic E-state index is 11.7. The summed E-state index contributed by atoms with van der Waals surface area (Å²) < 4.78 is 0. The van der Waals surface area contributed by atoms with Crippen LogP contribution in [0.15, 0.2) is 48.1 Å². The van der Waals surface area contributed by atoms with Crippen molar-refractivity contribution in [3.05, 3.63) is 53.6 Å². The van der Waals surface area contributed by atoms with E-state index in [-0.39, 0.29) is 11.5 Å². The summed E-state index contributed by atoms with van der Waals surface area (Å²) in [5.74, 6) is -0.156. The smallest absolute Gasteiger partial charge is 0.185 e. The van der Waals surface area contributed by atoms with Crippen LogP contribution in [0.1, 0.15) is 18.9 Å². The summed E-state index contributed by atoms with van der Waals surface area (Å²) in [5.41, 5.74) is 1.01. The van der Waals surface area contributed by atoms with Crippen molar-refractivity contribution in [2.24, 2.45) is 0 Å². The molecule has 0 fully saturated rings. The van der Waals surface area contributed by atoms with Crippen molar-refractivity contribution < 1.29 is 9.90 Å². The summed E-state index contributed by atoms with van der Waals surface area (Å²) in [7, 11) is 0. The van der Waals surface area contributed by atoms with Crippen LogP contribution in [0, 0.1) is 0 Å². The van der Waals surface area contributed by atoms with E-state index in [9.17, 15) is 9.90 Å². The van der Waals surface area contributed by atoms with Crippen LogP contribution in [0.4, 0.5) is 0 Å². The number of aliphatic hydroxyl groups excluding tert-OH is 1. The standard InChI is InChI=1S/C14H13ClO2/c1-14(15)8-7-12(16)11(9-14)13(17)10-5-3-2-4-6-10/h2-8,17H,9H2,1H3/b13-11+. The molecule has 2 rings (SSSR count). The molecule has 88 valence electrons. The second-order valence-electron chi connectivity index (χ2n) is 4.35. The molecule has 17 heavy (non-hydrogen) atoms. The highest BCUT2D eigenvalue weighted by atomic mass is 35.5. The number of hydrogen-bond acceptors (Lipinski definition) is 2. The van der Waals surface area contributed by atoms with Crippen LogP contribution in [0.5, 0.6) is 0 Å². The first kappa shape index (κ1) is 11.9. The molecule has 1 N–H and O–H groups in total. The van der Waals surface area contributed by atoms with Crippen molar-refractivity contribution in [2.75, 3.05) is 0 Å². The van der Waals surface area contributed by atoms with Crippen LogP contribution in [0.2, 0.25) is 0 Å². The minimum Gasteiger partial charge on any atom is -0.507 e. The van der Waals surface area contributed by atoms with Crippen LogP contribution >= 0.6 is 11.6 Å². The Morgan fingerprint density at radius 1 is 1.35 bits per heavy atom. The summed E-state index contributed by atoms with van der Waals surface area (Å²) in [6.45, 7) is 1.82. The quantitative estimate of drug-likeness (QED) is 0.469. The van der Waals surface area contributed by atoms with Gasteiger partial charge in [0.15, 0.2) is 5.78 Å². The molecular weight excluding hydrogens is 236 g/mol. The van der Waals surface area contributed by atoms with Crippen molar-refractivity contribution in [3.63, 3.8) is 0 Å². The zero-order valence-electron chi connectivity index (χ0n) is 9.48. The minimum atomic E-state index is -0.605. The number of ketones is 1. The van der Waals surface area contributed by atoms with E-state index in [0.717, 1.165) is 0 Å². The number of alkyl halides is 1. The molecular formula is C14H13ClO2. The number of benzene rings is 1. The lowest BCUT2D eigenvalue weighted by Crippen LogP contribution is -2.22. The van der Waals surface area contributed by atoms with E-state index < -0.39 is 4.87 Å². The van der Waals surface area contributed by atoms with Crippen LogP contribution in [-0.2, 0) is 4.79 Å². The number of rotatable bonds is 1. The number of aliphatic hydroxyl groups is 1. The molecule has 0 aromatic heterocycles. The monoisotopic (exact) mass is 248 g/mol. The van der Waals surface area contributed by atoms with Gasteiger partial charge in [0.05, 0.1) is 4.87 Å². The van der Waals surface area contributed by atoms with Gasteiger partial charge >= 0.3 is 0 Å². The molecule has 1 aliphatic rings. The maximum atomic E-state index is 11.7. The van der Waals surface area contributed by atoms with Crippen molar-refractivity contribution in [3.8, 4) is 0 Å². The number of hydrogen-bond donors (Lipinski definition) is 1. The number of carbonyl (C=O) groups excluding carboxylic acids is 1. The SMILES string of the molecule is CC1(Cl)C=CC(=O)/C(=C(/O)c2ccccc2)C1. The lowest BCUT2D eigenvalue weighted by molar-refractivity contribution is -0.111. The van der Waals surface area contributed by atoms with Gasteiger partial charge in [0.1, 0.15) is 5.76 Å². The van der Waals surface area contributed by atoms with Crippen LogP contribution in [0.25, 0.3) is 5.76 Å². The fraction of sp³-hybridized carbons (Fsp3) is 0.214. The summed E-state index contributed by atoms with van der Waals surface area (Å²) in [6.07, 6.45) is 3.42. The molecule has 0 bridgehead atoms. The summed E-state index contributed by atoms with van der Waals surface area (Å²) in [4.78, 5) is 11.1. The topological polar surface area (TPSA) is 37.3 Å². The number of allylic oxidation sites excluding steroid dienone is 3. The Kier molecular flexibility index (Phi) is 3.07. The van der Waals surface area contributed by atoms with Crippen LogP contribution < -0.4 is 0 Å². The van der Waals surface area contributed by atoms with Crippen LogP contribution in [0.3, 0.4) is 0 Å². The Morgan fingerprint density at radius 3 is 2.65 bits per heavy atom. The fourth-order valence-electron chi connectivity index (χ4n) is 1.81. The zero-order chi connectivity index (χ0) is 12.5. The predicted molar refractivity (Wildman–Crippen MR) is 69.0 cm³/mol. The summed E-state index contributed by atoms with van der Waals surface area (Å²) in [5, 5.41) is 10.1. The highest BCUT2D eigenvalue weighted by Crippen LogP contribution is 2.33. The molecule has 0 radical (unpaired) electrons. The van der Waals surface area contributed by atoms with Gasteiger partial charge in [0.2, 0.25) is 0 Å². The Bertz CT molecular complexity index is 498. The van der Waals surface area contributed by atoms with E-state index in [2.05, 4.69) is 0 Å². The van der Waals surface area contributed by atoms with Crippen LogP contribution in [-0.4, -0.2) is 15.8 Å². The van der Waals surface area contributed by atoms with Gasteiger partial charge in [-0.25, -0.2) is 0 Å². The molecule has 1 atom stereocenters. The molecule has 1 aliphatic carbocycles. The third-order valence-corrected chi connectivity index (χ3v) is 2.99. The third-order valence-electron chi connectivity index (χ3n) is 2.74. The first-order valence-electron chi connectivity index (χ1n) is 5.40. The van der Waals surface area contributed by atoms with Gasteiger partial charge < -0.3 is 5.11 Å². The average Bonchev–Trinajstić information content (AvgIpc) is 2.33. The lowest BCUT2D eigenvalue weighted by atomic mass is 9.89. The lowest BCUT2D eigenvalue weighted by Gasteiger charge is -2.23. The van der Waals surface area contributed by atoms with E-state index in [1.165, 1.54) is 6.08 Å². The largest absolute Gasteiger partial charge is 0.507 e. The third kappa shape index (κ3) is 2.59. The maximum Gasteiger partial charge on any atom is 0.185 e. The molecule has 3 heteroatoms. The van der Waals surface area contributed by atoms with Gasteiger partial charge in [-0.3, -0.25) is 4.79 Å². The normalized spacial score (nSPS) is 27.1. The first-order valence-corrected chi connectivity index (χ1v) is 5.77. The van der Waals surface area contributed by atoms with Gasteiger partial charge in [0.25, 0.3) is 0 Å². The molecule has 0 amide bonds. The average molecular weight is 249 g/mol. The molecule has 1 aromatic rings. The van der Waals surface area contributed by atoms with Crippen molar-refractivity contribution in [1.82, 2.24) is 0 Å². The fourth-order valence-corrected chi connectivity index (χ4v) is 2.01. The first-order chi connectivity index (χ1) is 7.99. The van der Waals surface area contributed by atoms with E-state index in [4.69, 9.17) is 11.6 Å². The van der Waals surface area contributed by atoms with Gasteiger partial charge in [-0.15, -0.1) is 11.6 Å². The Labute approximate surface area is 105 Å². The summed E-state index contributed by atoms with van der Waals surface area (Å²) >= 11 is 6.18. The highest BCUT2D eigenvalue weighted by Gasteiger charge is 2.29. The number of halogens is 1.